The second-order valence-corrected chi connectivity index (χ2v) is 10.6. The predicted molar refractivity (Wildman–Crippen MR) is 141 cm³/mol. The molecule has 3 aromatic rings. The average Bonchev–Trinajstić information content (AvgIpc) is 3.33. The van der Waals surface area contributed by atoms with E-state index in [1.165, 1.54) is 11.2 Å². The molecule has 0 atom stereocenters. The van der Waals surface area contributed by atoms with Gasteiger partial charge in [0.2, 0.25) is 0 Å². The molecule has 0 bridgehead atoms. The van der Waals surface area contributed by atoms with Gasteiger partial charge in [0.25, 0.3) is 10.0 Å². The summed E-state index contributed by atoms with van der Waals surface area (Å²) in [5.41, 5.74) is 1.46. The number of sulfonamides is 1. The van der Waals surface area contributed by atoms with E-state index in [1.54, 1.807) is 48.5 Å². The van der Waals surface area contributed by atoms with E-state index in [0.29, 0.717) is 31.1 Å². The van der Waals surface area contributed by atoms with E-state index in [9.17, 15) is 8.42 Å². The summed E-state index contributed by atoms with van der Waals surface area (Å²) in [6, 6.07) is 16.9. The van der Waals surface area contributed by atoms with Crippen LogP contribution in [0.25, 0.3) is 0 Å². The van der Waals surface area contributed by atoms with Crippen molar-refractivity contribution in [2.75, 3.05) is 26.0 Å². The normalized spacial score (nSPS) is 11.6. The quantitative estimate of drug-likeness (QED) is 0.188. The van der Waals surface area contributed by atoms with Gasteiger partial charge < -0.3 is 20.3 Å². The van der Waals surface area contributed by atoms with Crippen molar-refractivity contribution in [1.29, 1.82) is 0 Å². The monoisotopic (exact) mass is 500 g/mol. The molecule has 0 aliphatic heterocycles. The maximum atomic E-state index is 13.3. The highest BCUT2D eigenvalue weighted by Crippen LogP contribution is 2.38. The highest BCUT2D eigenvalue weighted by molar-refractivity contribution is 7.90. The van der Waals surface area contributed by atoms with E-state index in [1.807, 2.05) is 35.7 Å². The molecule has 0 unspecified atom stereocenters. The van der Waals surface area contributed by atoms with E-state index >= 15 is 0 Å². The van der Waals surface area contributed by atoms with Crippen molar-refractivity contribution in [2.24, 2.45) is 4.40 Å². The van der Waals surface area contributed by atoms with Crippen molar-refractivity contribution >= 4 is 33.4 Å². The van der Waals surface area contributed by atoms with Gasteiger partial charge in [-0.2, -0.15) is 8.42 Å². The van der Waals surface area contributed by atoms with Crippen LogP contribution in [0.15, 0.2) is 69.3 Å². The number of unbranched alkanes of at least 4 members (excludes halogenated alkanes) is 1. The molecule has 9 heteroatoms. The summed E-state index contributed by atoms with van der Waals surface area (Å²) in [6.45, 7) is 4.03. The smallest absolute Gasteiger partial charge is 0.287 e. The number of rotatable bonds is 13. The molecular formula is C25H32N4O3S2. The molecule has 0 amide bonds. The Bertz CT molecular complexity index is 1160. The Labute approximate surface area is 206 Å². The molecule has 0 saturated heterocycles. The van der Waals surface area contributed by atoms with Crippen LogP contribution in [0.4, 0.5) is 5.69 Å². The zero-order valence-electron chi connectivity index (χ0n) is 19.8. The van der Waals surface area contributed by atoms with Gasteiger partial charge in [-0.15, -0.1) is 15.7 Å². The number of ether oxygens (including phenoxy) is 1. The van der Waals surface area contributed by atoms with Crippen molar-refractivity contribution < 1.29 is 13.2 Å². The fourth-order valence-electron chi connectivity index (χ4n) is 3.15. The standard InChI is InChI=1S/C25H32N4O3S2/c1-4-5-13-27-23-15-20(17-26-18-22-12-9-14-33-22)16-24(34(30,31)28-19-29(2)3)25(23)32-21-10-7-6-8-11-21/h6-12,14-16,19,26-27H,4-5,13,17-18H2,1-3H3/b28-19+. The first-order chi connectivity index (χ1) is 16.4. The Kier molecular flexibility index (Phi) is 9.50. The Balaban J connectivity index is 2.02. The van der Waals surface area contributed by atoms with Crippen LogP contribution >= 0.6 is 11.3 Å². The van der Waals surface area contributed by atoms with Crippen LogP contribution in [-0.4, -0.2) is 40.3 Å². The lowest BCUT2D eigenvalue weighted by Crippen LogP contribution is -2.15. The summed E-state index contributed by atoms with van der Waals surface area (Å²) in [7, 11) is -0.562. The zero-order chi connectivity index (χ0) is 24.4. The molecule has 1 heterocycles. The van der Waals surface area contributed by atoms with E-state index in [4.69, 9.17) is 4.74 Å². The van der Waals surface area contributed by atoms with Gasteiger partial charge in [-0.25, -0.2) is 0 Å². The molecule has 0 aliphatic rings. The number of nitrogens with zero attached hydrogens (tertiary/aromatic N) is 2. The summed E-state index contributed by atoms with van der Waals surface area (Å²) in [5, 5.41) is 8.81. The van der Waals surface area contributed by atoms with E-state index in [-0.39, 0.29) is 10.6 Å². The highest BCUT2D eigenvalue weighted by atomic mass is 32.2. The summed E-state index contributed by atoms with van der Waals surface area (Å²) >= 11 is 1.68. The second kappa shape index (κ2) is 12.5. The first-order valence-electron chi connectivity index (χ1n) is 11.2. The topological polar surface area (TPSA) is 83.0 Å². The minimum atomic E-state index is -4.01. The number of nitrogens with one attached hydrogen (secondary N) is 2. The van der Waals surface area contributed by atoms with E-state index < -0.39 is 10.0 Å². The lowest BCUT2D eigenvalue weighted by molar-refractivity contribution is 0.468. The Hall–Kier alpha value is -2.88. The number of benzene rings is 2. The molecular weight excluding hydrogens is 468 g/mol. The van der Waals surface area contributed by atoms with Crippen LogP contribution < -0.4 is 15.4 Å². The molecule has 34 heavy (non-hydrogen) atoms. The summed E-state index contributed by atoms with van der Waals surface area (Å²) in [5.74, 6) is 0.804. The molecule has 0 spiro atoms. The molecule has 2 aromatic carbocycles. The zero-order valence-corrected chi connectivity index (χ0v) is 21.5. The van der Waals surface area contributed by atoms with Gasteiger partial charge >= 0.3 is 0 Å². The van der Waals surface area contributed by atoms with Crippen molar-refractivity contribution in [3.63, 3.8) is 0 Å². The van der Waals surface area contributed by atoms with Gasteiger partial charge in [0.1, 0.15) is 17.0 Å². The molecule has 1 aromatic heterocycles. The molecule has 7 nitrogen and oxygen atoms in total. The summed E-state index contributed by atoms with van der Waals surface area (Å²) < 4.78 is 36.6. The fourth-order valence-corrected chi connectivity index (χ4v) is 4.94. The third kappa shape index (κ3) is 7.58. The average molecular weight is 501 g/mol. The van der Waals surface area contributed by atoms with Crippen molar-refractivity contribution in [3.05, 3.63) is 70.4 Å². The van der Waals surface area contributed by atoms with Gasteiger partial charge in [0.15, 0.2) is 5.75 Å². The minimum Gasteiger partial charge on any atom is -0.454 e. The van der Waals surface area contributed by atoms with E-state index in [2.05, 4.69) is 28.0 Å². The van der Waals surface area contributed by atoms with Crippen LogP contribution in [0.3, 0.4) is 0 Å². The number of hydrogen-bond donors (Lipinski definition) is 2. The first kappa shape index (κ1) is 25.7. The SMILES string of the molecule is CCCCNc1cc(CNCc2cccs2)cc(S(=O)(=O)/N=C/N(C)C)c1Oc1ccccc1. The van der Waals surface area contributed by atoms with Gasteiger partial charge in [-0.3, -0.25) is 0 Å². The maximum absolute atomic E-state index is 13.3. The lowest BCUT2D eigenvalue weighted by atomic mass is 10.1. The third-order valence-corrected chi connectivity index (χ3v) is 6.93. The maximum Gasteiger partial charge on any atom is 0.287 e. The highest BCUT2D eigenvalue weighted by Gasteiger charge is 2.24. The van der Waals surface area contributed by atoms with Crippen LogP contribution in [0.5, 0.6) is 11.5 Å². The van der Waals surface area contributed by atoms with Crippen molar-refractivity contribution in [3.8, 4) is 11.5 Å². The number of para-hydroxylation sites is 1. The molecule has 182 valence electrons. The van der Waals surface area contributed by atoms with E-state index in [0.717, 1.165) is 18.4 Å². The molecule has 0 fully saturated rings. The third-order valence-electron chi connectivity index (χ3n) is 4.83. The Morgan fingerprint density at radius 1 is 1.09 bits per heavy atom. The summed E-state index contributed by atoms with van der Waals surface area (Å²) in [6.07, 6.45) is 3.25. The molecule has 0 aliphatic carbocycles. The predicted octanol–water partition coefficient (Wildman–Crippen LogP) is 5.32. The Morgan fingerprint density at radius 2 is 1.88 bits per heavy atom. The minimum absolute atomic E-state index is 0.0314. The number of hydrogen-bond acceptors (Lipinski definition) is 6. The van der Waals surface area contributed by atoms with Crippen LogP contribution in [0.1, 0.15) is 30.2 Å². The number of anilines is 1. The van der Waals surface area contributed by atoms with Crippen LogP contribution in [0, 0.1) is 0 Å². The van der Waals surface area contributed by atoms with Crippen molar-refractivity contribution in [2.45, 2.75) is 37.8 Å². The van der Waals surface area contributed by atoms with Gasteiger partial charge in [0.05, 0.1) is 5.69 Å². The van der Waals surface area contributed by atoms with Crippen LogP contribution in [0.2, 0.25) is 0 Å². The van der Waals surface area contributed by atoms with Crippen LogP contribution in [-0.2, 0) is 23.1 Å². The summed E-state index contributed by atoms with van der Waals surface area (Å²) in [4.78, 5) is 2.83. The Morgan fingerprint density at radius 3 is 2.56 bits per heavy atom. The van der Waals surface area contributed by atoms with Gasteiger partial charge in [-0.1, -0.05) is 37.6 Å². The lowest BCUT2D eigenvalue weighted by Gasteiger charge is -2.18. The second-order valence-electron chi connectivity index (χ2n) is 8.01. The molecule has 0 saturated carbocycles. The molecule has 3 rings (SSSR count). The van der Waals surface area contributed by atoms with Crippen molar-refractivity contribution in [1.82, 2.24) is 10.2 Å². The van der Waals surface area contributed by atoms with Gasteiger partial charge in [0, 0.05) is 38.6 Å². The largest absolute Gasteiger partial charge is 0.454 e. The molecule has 2 N–H and O–H groups in total. The fraction of sp³-hybridized carbons (Fsp3) is 0.320. The molecule has 0 radical (unpaired) electrons. The number of thiophene rings is 1. The first-order valence-corrected chi connectivity index (χ1v) is 13.5. The van der Waals surface area contributed by atoms with Gasteiger partial charge in [-0.05, 0) is 47.7 Å².